The molecule has 0 fully saturated rings. The van der Waals surface area contributed by atoms with Crippen molar-refractivity contribution in [3.05, 3.63) is 69.7 Å². The zero-order chi connectivity index (χ0) is 20.9. The quantitative estimate of drug-likeness (QED) is 0.260. The van der Waals surface area contributed by atoms with Crippen LogP contribution < -0.4 is 0 Å². The van der Waals surface area contributed by atoms with Crippen LogP contribution in [0.25, 0.3) is 0 Å². The van der Waals surface area contributed by atoms with Crippen LogP contribution in [0.4, 0.5) is 0 Å². The number of ether oxygens (including phenoxy) is 2. The van der Waals surface area contributed by atoms with Crippen LogP contribution in [0.5, 0.6) is 0 Å². The molecule has 0 aromatic heterocycles. The number of halogens is 1. The van der Waals surface area contributed by atoms with Gasteiger partial charge in [0.05, 0.1) is 17.7 Å². The minimum Gasteiger partial charge on any atom is -0.462 e. The molecule has 0 saturated carbocycles. The van der Waals surface area contributed by atoms with Crippen molar-refractivity contribution in [2.75, 3.05) is 6.61 Å². The van der Waals surface area contributed by atoms with Crippen LogP contribution in [0.3, 0.4) is 0 Å². The van der Waals surface area contributed by atoms with Gasteiger partial charge in [-0.15, -0.1) is 0 Å². The van der Waals surface area contributed by atoms with E-state index >= 15 is 0 Å². The van der Waals surface area contributed by atoms with E-state index in [-0.39, 0.29) is 17.7 Å². The summed E-state index contributed by atoms with van der Waals surface area (Å²) in [6, 6.07) is 14.2. The third kappa shape index (κ3) is 8.40. The molecule has 0 spiro atoms. The summed E-state index contributed by atoms with van der Waals surface area (Å²) in [5.41, 5.74) is 1.34. The summed E-state index contributed by atoms with van der Waals surface area (Å²) in [6.45, 7) is 2.71. The van der Waals surface area contributed by atoms with E-state index in [4.69, 9.17) is 9.47 Å². The average molecular weight is 461 g/mol. The van der Waals surface area contributed by atoms with Gasteiger partial charge >= 0.3 is 11.9 Å². The molecule has 0 aliphatic rings. The highest BCUT2D eigenvalue weighted by molar-refractivity contribution is 9.10. The molecule has 0 aliphatic heterocycles. The molecular formula is C24H29BrO4. The zero-order valence-electron chi connectivity index (χ0n) is 17.0. The minimum atomic E-state index is -0.534. The highest BCUT2D eigenvalue weighted by Gasteiger charge is 2.19. The van der Waals surface area contributed by atoms with E-state index in [0.717, 1.165) is 29.3 Å². The Morgan fingerprint density at radius 3 is 2.07 bits per heavy atom. The molecule has 2 aromatic carbocycles. The third-order valence-corrected chi connectivity index (χ3v) is 5.10. The summed E-state index contributed by atoms with van der Waals surface area (Å²) in [4.78, 5) is 24.9. The Kier molecular flexibility index (Phi) is 10.5. The molecule has 29 heavy (non-hydrogen) atoms. The number of hydrogen-bond acceptors (Lipinski definition) is 4. The number of carbonyl (C=O) groups is 2. The van der Waals surface area contributed by atoms with Crippen molar-refractivity contribution in [1.82, 2.24) is 0 Å². The third-order valence-electron chi connectivity index (χ3n) is 4.61. The fraction of sp³-hybridized carbons (Fsp3) is 0.417. The van der Waals surface area contributed by atoms with Crippen LogP contribution >= 0.6 is 15.9 Å². The first-order valence-corrected chi connectivity index (χ1v) is 11.1. The molecule has 4 nitrogen and oxygen atoms in total. The summed E-state index contributed by atoms with van der Waals surface area (Å²) < 4.78 is 11.7. The highest BCUT2D eigenvalue weighted by atomic mass is 79.9. The molecule has 2 rings (SSSR count). The maximum absolute atomic E-state index is 12.5. The van der Waals surface area contributed by atoms with Gasteiger partial charge in [-0.05, 0) is 36.2 Å². The van der Waals surface area contributed by atoms with Gasteiger partial charge in [-0.3, -0.25) is 0 Å². The standard InChI is InChI=1S/C24H29BrO4/c1-2-3-4-5-6-7-10-16-28-23(26)21-14-8-9-15-22(21)24(27)29-18-19-12-11-13-20(25)17-19/h8-9,11-15,17H,2-7,10,16,18H2,1H3. The van der Waals surface area contributed by atoms with Crippen LogP contribution in [0.2, 0.25) is 0 Å². The lowest BCUT2D eigenvalue weighted by Gasteiger charge is -2.10. The molecule has 5 heteroatoms. The molecule has 0 aliphatic carbocycles. The van der Waals surface area contributed by atoms with Crippen LogP contribution in [0.1, 0.15) is 78.1 Å². The van der Waals surface area contributed by atoms with Crippen LogP contribution in [0.15, 0.2) is 53.0 Å². The number of esters is 2. The summed E-state index contributed by atoms with van der Waals surface area (Å²) in [5.74, 6) is -1.01. The van der Waals surface area contributed by atoms with E-state index in [1.807, 2.05) is 24.3 Å². The molecule has 0 saturated heterocycles. The van der Waals surface area contributed by atoms with Crippen molar-refractivity contribution >= 4 is 27.9 Å². The highest BCUT2D eigenvalue weighted by Crippen LogP contribution is 2.16. The van der Waals surface area contributed by atoms with Gasteiger partial charge in [-0.25, -0.2) is 9.59 Å². The molecule has 0 N–H and O–H groups in total. The first-order chi connectivity index (χ1) is 14.1. The summed E-state index contributed by atoms with van der Waals surface area (Å²) in [6.07, 6.45) is 8.07. The predicted molar refractivity (Wildman–Crippen MR) is 118 cm³/mol. The van der Waals surface area contributed by atoms with Gasteiger partial charge in [-0.1, -0.05) is 85.6 Å². The van der Waals surface area contributed by atoms with Crippen molar-refractivity contribution in [3.8, 4) is 0 Å². The smallest absolute Gasteiger partial charge is 0.339 e. The van der Waals surface area contributed by atoms with E-state index in [1.165, 1.54) is 25.7 Å². The van der Waals surface area contributed by atoms with Gasteiger partial charge in [0.1, 0.15) is 6.61 Å². The molecule has 0 amide bonds. The lowest BCUT2D eigenvalue weighted by Crippen LogP contribution is -2.14. The van der Waals surface area contributed by atoms with Gasteiger partial charge in [0.25, 0.3) is 0 Å². The van der Waals surface area contributed by atoms with Crippen LogP contribution in [-0.2, 0) is 16.1 Å². The molecule has 0 radical (unpaired) electrons. The maximum atomic E-state index is 12.5. The Hall–Kier alpha value is -2.14. The second-order valence-electron chi connectivity index (χ2n) is 7.01. The molecule has 0 atom stereocenters. The number of carbonyl (C=O) groups excluding carboxylic acids is 2. The Morgan fingerprint density at radius 2 is 1.41 bits per heavy atom. The monoisotopic (exact) mass is 460 g/mol. The summed E-state index contributed by atoms with van der Waals surface area (Å²) in [7, 11) is 0. The van der Waals surface area contributed by atoms with E-state index in [2.05, 4.69) is 22.9 Å². The molecular weight excluding hydrogens is 432 g/mol. The number of unbranched alkanes of at least 4 members (excludes halogenated alkanes) is 6. The Labute approximate surface area is 181 Å². The maximum Gasteiger partial charge on any atom is 0.339 e. The van der Waals surface area contributed by atoms with Crippen molar-refractivity contribution < 1.29 is 19.1 Å². The first kappa shape index (κ1) is 23.1. The van der Waals surface area contributed by atoms with E-state index in [1.54, 1.807) is 24.3 Å². The lowest BCUT2D eigenvalue weighted by molar-refractivity contribution is 0.0436. The van der Waals surface area contributed by atoms with Gasteiger partial charge < -0.3 is 9.47 Å². The SMILES string of the molecule is CCCCCCCCCOC(=O)c1ccccc1C(=O)OCc1cccc(Br)c1. The predicted octanol–water partition coefficient (Wildman–Crippen LogP) is 6.71. The first-order valence-electron chi connectivity index (χ1n) is 10.3. The van der Waals surface area contributed by atoms with Crippen molar-refractivity contribution in [3.63, 3.8) is 0 Å². The van der Waals surface area contributed by atoms with E-state index < -0.39 is 11.9 Å². The van der Waals surface area contributed by atoms with Crippen molar-refractivity contribution in [1.29, 1.82) is 0 Å². The summed E-state index contributed by atoms with van der Waals surface area (Å²) in [5, 5.41) is 0. The van der Waals surface area contributed by atoms with E-state index in [9.17, 15) is 9.59 Å². The second-order valence-corrected chi connectivity index (χ2v) is 7.92. The van der Waals surface area contributed by atoms with Gasteiger partial charge in [0, 0.05) is 4.47 Å². The Morgan fingerprint density at radius 1 is 0.793 bits per heavy atom. The zero-order valence-corrected chi connectivity index (χ0v) is 18.6. The van der Waals surface area contributed by atoms with Crippen LogP contribution in [0, 0.1) is 0 Å². The Bertz CT molecular complexity index is 788. The van der Waals surface area contributed by atoms with Gasteiger partial charge in [-0.2, -0.15) is 0 Å². The average Bonchev–Trinajstić information content (AvgIpc) is 2.74. The number of rotatable bonds is 12. The molecule has 0 heterocycles. The van der Waals surface area contributed by atoms with Crippen LogP contribution in [-0.4, -0.2) is 18.5 Å². The molecule has 156 valence electrons. The van der Waals surface area contributed by atoms with Crippen molar-refractivity contribution in [2.24, 2.45) is 0 Å². The molecule has 0 bridgehead atoms. The second kappa shape index (κ2) is 13.2. The largest absolute Gasteiger partial charge is 0.462 e. The van der Waals surface area contributed by atoms with E-state index in [0.29, 0.717) is 6.61 Å². The summed E-state index contributed by atoms with van der Waals surface area (Å²) >= 11 is 3.39. The fourth-order valence-corrected chi connectivity index (χ4v) is 3.44. The minimum absolute atomic E-state index is 0.139. The molecule has 2 aromatic rings. The van der Waals surface area contributed by atoms with Gasteiger partial charge in [0.2, 0.25) is 0 Å². The number of benzene rings is 2. The topological polar surface area (TPSA) is 52.6 Å². The Balaban J connectivity index is 1.82. The fourth-order valence-electron chi connectivity index (χ4n) is 2.99. The van der Waals surface area contributed by atoms with Crippen molar-refractivity contribution in [2.45, 2.75) is 58.5 Å². The number of hydrogen-bond donors (Lipinski definition) is 0. The van der Waals surface area contributed by atoms with Gasteiger partial charge in [0.15, 0.2) is 0 Å². The normalized spacial score (nSPS) is 10.6. The molecule has 0 unspecified atom stereocenters. The lowest BCUT2D eigenvalue weighted by atomic mass is 10.1.